The fraction of sp³-hybridized carbons (Fsp3) is 0.0169. The fourth-order valence-corrected chi connectivity index (χ4v) is 9.38. The molecule has 1 atom stereocenters. The number of nitrogens with zero attached hydrogens (tertiary/aromatic N) is 4. The molecule has 0 N–H and O–H groups in total. The van der Waals surface area contributed by atoms with Crippen molar-refractivity contribution in [3.8, 4) is 50.7 Å². The van der Waals surface area contributed by atoms with Gasteiger partial charge in [-0.25, -0.2) is 9.97 Å². The molecule has 0 bridgehead atoms. The maximum Gasteiger partial charge on any atom is 0.160 e. The van der Waals surface area contributed by atoms with Crippen molar-refractivity contribution in [3.63, 3.8) is 0 Å². The second-order valence-electron chi connectivity index (χ2n) is 16.1. The zero-order valence-electron chi connectivity index (χ0n) is 34.3. The monoisotopic (exact) mass is 803 g/mol. The summed E-state index contributed by atoms with van der Waals surface area (Å²) < 4.78 is 2.35. The van der Waals surface area contributed by atoms with Crippen LogP contribution in [-0.2, 0) is 0 Å². The SMILES string of the molecule is C1=C(c2ccccc2)c2c(ccc3c(-c4ccc(-c5nc(-c6ccccc6)cc(-c6cccc(-n7c8ccccc8c8ccccc87)c6)n5)cc4)cccc23)[N-]C1c1ccccc1. The van der Waals surface area contributed by atoms with E-state index in [0.29, 0.717) is 5.82 Å². The molecule has 1 aliphatic heterocycles. The van der Waals surface area contributed by atoms with Gasteiger partial charge in [0.25, 0.3) is 0 Å². The summed E-state index contributed by atoms with van der Waals surface area (Å²) in [5.74, 6) is 0.680. The van der Waals surface area contributed by atoms with Gasteiger partial charge in [-0.2, -0.15) is 0 Å². The van der Waals surface area contributed by atoms with Crippen LogP contribution in [0.3, 0.4) is 0 Å². The lowest BCUT2D eigenvalue weighted by Gasteiger charge is -2.39. The van der Waals surface area contributed by atoms with Gasteiger partial charge in [0.15, 0.2) is 5.82 Å². The second-order valence-corrected chi connectivity index (χ2v) is 16.1. The van der Waals surface area contributed by atoms with Gasteiger partial charge in [-0.15, -0.1) is 5.69 Å². The number of benzene rings is 9. The first-order chi connectivity index (χ1) is 31.2. The van der Waals surface area contributed by atoms with Crippen molar-refractivity contribution in [2.24, 2.45) is 0 Å². The summed E-state index contributed by atoms with van der Waals surface area (Å²) in [6.45, 7) is 0. The van der Waals surface area contributed by atoms with Crippen LogP contribution in [0.2, 0.25) is 0 Å². The summed E-state index contributed by atoms with van der Waals surface area (Å²) in [6.07, 6.45) is 2.33. The molecule has 11 aromatic rings. The Morgan fingerprint density at radius 1 is 0.397 bits per heavy atom. The standard InChI is InChI=1S/C59H39N4/c1-4-16-39(17-5-1)51-37-53(41-18-6-2-7-19-41)60-52-35-34-47-46(26-15-27-50(47)58(51)52)40-30-32-43(33-31-40)59-61-54(42-20-8-3-9-21-42)38-55(62-59)44-22-14-23-45(36-44)63-56-28-12-10-24-48(56)49-25-11-13-29-57(49)63/h1-38,53H/q-1. The molecular weight excluding hydrogens is 765 g/mol. The van der Waals surface area contributed by atoms with Gasteiger partial charge < -0.3 is 9.88 Å². The smallest absolute Gasteiger partial charge is 0.160 e. The van der Waals surface area contributed by atoms with Crippen molar-refractivity contribution in [3.05, 3.63) is 253 Å². The van der Waals surface area contributed by atoms with Gasteiger partial charge in [-0.3, -0.25) is 0 Å². The van der Waals surface area contributed by atoms with Crippen LogP contribution < -0.4 is 0 Å². The van der Waals surface area contributed by atoms with Crippen LogP contribution in [0.4, 0.5) is 5.69 Å². The molecule has 1 aliphatic rings. The number of hydrogen-bond acceptors (Lipinski definition) is 2. The molecule has 0 spiro atoms. The minimum Gasteiger partial charge on any atom is -0.674 e. The molecule has 2 aromatic heterocycles. The molecule has 0 saturated carbocycles. The van der Waals surface area contributed by atoms with Crippen molar-refractivity contribution in [2.75, 3.05) is 0 Å². The molecule has 296 valence electrons. The zero-order chi connectivity index (χ0) is 41.7. The summed E-state index contributed by atoms with van der Waals surface area (Å²) >= 11 is 0. The number of fused-ring (bicyclic) bond motifs is 6. The van der Waals surface area contributed by atoms with Crippen molar-refractivity contribution in [1.82, 2.24) is 14.5 Å². The Morgan fingerprint density at radius 2 is 0.968 bits per heavy atom. The molecule has 4 heteroatoms. The van der Waals surface area contributed by atoms with E-state index in [4.69, 9.17) is 15.3 Å². The van der Waals surface area contributed by atoms with E-state index >= 15 is 0 Å². The van der Waals surface area contributed by atoms with Crippen LogP contribution in [0.5, 0.6) is 0 Å². The maximum absolute atomic E-state index is 5.30. The largest absolute Gasteiger partial charge is 0.674 e. The van der Waals surface area contributed by atoms with E-state index in [0.717, 1.165) is 45.0 Å². The molecule has 1 unspecified atom stereocenters. The molecule has 4 nitrogen and oxygen atoms in total. The van der Waals surface area contributed by atoms with Gasteiger partial charge in [0.05, 0.1) is 22.4 Å². The Kier molecular flexibility index (Phi) is 8.86. The Labute approximate surface area is 366 Å². The third-order valence-corrected chi connectivity index (χ3v) is 12.4. The van der Waals surface area contributed by atoms with Gasteiger partial charge >= 0.3 is 0 Å². The average Bonchev–Trinajstić information content (AvgIpc) is 3.71. The van der Waals surface area contributed by atoms with Gasteiger partial charge in [0, 0.05) is 33.2 Å². The first kappa shape index (κ1) is 36.5. The van der Waals surface area contributed by atoms with E-state index in [2.05, 4.69) is 229 Å². The highest BCUT2D eigenvalue weighted by Gasteiger charge is 2.19. The molecule has 0 saturated heterocycles. The van der Waals surface area contributed by atoms with E-state index < -0.39 is 0 Å². The van der Waals surface area contributed by atoms with Crippen molar-refractivity contribution in [2.45, 2.75) is 6.04 Å². The first-order valence-corrected chi connectivity index (χ1v) is 21.5. The number of rotatable bonds is 7. The highest BCUT2D eigenvalue weighted by molar-refractivity contribution is 6.10. The third-order valence-electron chi connectivity index (χ3n) is 12.4. The summed E-state index contributed by atoms with van der Waals surface area (Å²) in [6, 6.07) is 79.4. The minimum atomic E-state index is -0.0609. The highest BCUT2D eigenvalue weighted by Crippen LogP contribution is 2.49. The molecule has 0 aliphatic carbocycles. The number of para-hydroxylation sites is 2. The topological polar surface area (TPSA) is 44.8 Å². The zero-order valence-corrected chi connectivity index (χ0v) is 34.3. The molecule has 0 amide bonds. The maximum atomic E-state index is 5.30. The van der Waals surface area contributed by atoms with E-state index in [1.807, 2.05) is 6.07 Å². The van der Waals surface area contributed by atoms with E-state index in [-0.39, 0.29) is 6.04 Å². The van der Waals surface area contributed by atoms with Crippen molar-refractivity contribution in [1.29, 1.82) is 0 Å². The van der Waals surface area contributed by atoms with Gasteiger partial charge in [0.2, 0.25) is 0 Å². The molecule has 63 heavy (non-hydrogen) atoms. The molecule has 12 rings (SSSR count). The lowest BCUT2D eigenvalue weighted by atomic mass is 9.85. The van der Waals surface area contributed by atoms with Crippen LogP contribution in [0.1, 0.15) is 22.7 Å². The summed E-state index contributed by atoms with van der Waals surface area (Å²) in [5, 5.41) is 10.1. The van der Waals surface area contributed by atoms with Crippen molar-refractivity contribution >= 4 is 43.8 Å². The molecule has 3 heterocycles. The third kappa shape index (κ3) is 6.48. The summed E-state index contributed by atoms with van der Waals surface area (Å²) in [4.78, 5) is 10.5. The number of hydrogen-bond donors (Lipinski definition) is 0. The van der Waals surface area contributed by atoms with Gasteiger partial charge in [-0.05, 0) is 68.9 Å². The normalized spacial score (nSPS) is 13.5. The molecule has 9 aromatic carbocycles. The fourth-order valence-electron chi connectivity index (χ4n) is 9.38. The lowest BCUT2D eigenvalue weighted by molar-refractivity contribution is 1.03. The Hall–Kier alpha value is -8.34. The Bertz CT molecular complexity index is 3460. The highest BCUT2D eigenvalue weighted by atomic mass is 15.0. The molecular formula is C59H39N4-. The predicted molar refractivity (Wildman–Crippen MR) is 261 cm³/mol. The predicted octanol–water partition coefficient (Wildman–Crippen LogP) is 15.6. The van der Waals surface area contributed by atoms with Crippen molar-refractivity contribution < 1.29 is 0 Å². The average molecular weight is 804 g/mol. The molecule has 0 fully saturated rings. The first-order valence-electron chi connectivity index (χ1n) is 21.5. The molecule has 0 radical (unpaired) electrons. The number of aromatic nitrogens is 3. The lowest BCUT2D eigenvalue weighted by Crippen LogP contribution is -2.03. The Balaban J connectivity index is 0.943. The second kappa shape index (κ2) is 15.3. The van der Waals surface area contributed by atoms with Crippen LogP contribution in [-0.4, -0.2) is 14.5 Å². The van der Waals surface area contributed by atoms with Crippen LogP contribution in [0.25, 0.3) is 94.2 Å². The summed E-state index contributed by atoms with van der Waals surface area (Å²) in [7, 11) is 0. The summed E-state index contributed by atoms with van der Waals surface area (Å²) in [5.41, 5.74) is 16.3. The van der Waals surface area contributed by atoms with Crippen LogP contribution >= 0.6 is 0 Å². The van der Waals surface area contributed by atoms with Crippen LogP contribution in [0, 0.1) is 0 Å². The van der Waals surface area contributed by atoms with Crippen LogP contribution in [0.15, 0.2) is 231 Å². The van der Waals surface area contributed by atoms with E-state index in [1.165, 1.54) is 60.4 Å². The van der Waals surface area contributed by atoms with Gasteiger partial charge in [-0.1, -0.05) is 212 Å². The van der Waals surface area contributed by atoms with E-state index in [9.17, 15) is 0 Å². The Morgan fingerprint density at radius 3 is 1.68 bits per heavy atom. The quantitative estimate of drug-likeness (QED) is 0.161. The van der Waals surface area contributed by atoms with E-state index in [1.54, 1.807) is 0 Å². The van der Waals surface area contributed by atoms with Gasteiger partial charge in [0.1, 0.15) is 0 Å². The minimum absolute atomic E-state index is 0.0609.